The smallest absolute Gasteiger partial charge is 0.138 e. The molecule has 0 aliphatic carbocycles. The summed E-state index contributed by atoms with van der Waals surface area (Å²) in [5, 5.41) is 12.6. The zero-order valence-corrected chi connectivity index (χ0v) is 6.75. The van der Waals surface area contributed by atoms with Crippen molar-refractivity contribution in [1.29, 1.82) is 5.26 Å². The highest BCUT2D eigenvalue weighted by molar-refractivity contribution is 5.40. The maximum Gasteiger partial charge on any atom is 0.138 e. The minimum atomic E-state index is 0.619. The summed E-state index contributed by atoms with van der Waals surface area (Å²) in [6.07, 6.45) is 3.05. The van der Waals surface area contributed by atoms with Gasteiger partial charge in [0.1, 0.15) is 12.7 Å². The molecule has 0 unspecified atom stereocenters. The highest BCUT2D eigenvalue weighted by atomic mass is 15.3. The topological polar surface area (TPSA) is 54.5 Å². The Morgan fingerprint density at radius 3 is 3.00 bits per heavy atom. The van der Waals surface area contributed by atoms with E-state index in [9.17, 15) is 0 Å². The van der Waals surface area contributed by atoms with E-state index in [2.05, 4.69) is 16.2 Å². The van der Waals surface area contributed by atoms with E-state index in [1.807, 2.05) is 12.1 Å². The molecule has 0 radical (unpaired) electrons. The Morgan fingerprint density at radius 2 is 2.31 bits per heavy atom. The molecule has 0 bridgehead atoms. The van der Waals surface area contributed by atoms with Crippen molar-refractivity contribution in [3.63, 3.8) is 0 Å². The van der Waals surface area contributed by atoms with E-state index in [0.29, 0.717) is 5.56 Å². The maximum absolute atomic E-state index is 8.66. The summed E-state index contributed by atoms with van der Waals surface area (Å²) in [5.41, 5.74) is 1.46. The van der Waals surface area contributed by atoms with Crippen LogP contribution >= 0.6 is 0 Å². The van der Waals surface area contributed by atoms with Gasteiger partial charge in [0.25, 0.3) is 0 Å². The predicted molar refractivity (Wildman–Crippen MR) is 46.1 cm³/mol. The van der Waals surface area contributed by atoms with Crippen molar-refractivity contribution in [2.75, 3.05) is 0 Å². The number of rotatable bonds is 1. The predicted octanol–water partition coefficient (Wildman–Crippen LogP) is 1.14. The molecular formula is C9H6N4. The van der Waals surface area contributed by atoms with Crippen LogP contribution in [-0.2, 0) is 0 Å². The lowest BCUT2D eigenvalue weighted by Crippen LogP contribution is -1.93. The minimum Gasteiger partial charge on any atom is -0.223 e. The van der Waals surface area contributed by atoms with Gasteiger partial charge in [-0.1, -0.05) is 6.07 Å². The second-order valence-electron chi connectivity index (χ2n) is 2.50. The summed E-state index contributed by atoms with van der Waals surface area (Å²) in [5.74, 6) is 0. The van der Waals surface area contributed by atoms with Crippen molar-refractivity contribution in [2.24, 2.45) is 0 Å². The van der Waals surface area contributed by atoms with Gasteiger partial charge in [-0.15, -0.1) is 0 Å². The van der Waals surface area contributed by atoms with Crippen molar-refractivity contribution in [3.8, 4) is 11.8 Å². The molecule has 0 atom stereocenters. The first-order valence-electron chi connectivity index (χ1n) is 3.75. The lowest BCUT2D eigenvalue weighted by molar-refractivity contribution is 0.878. The van der Waals surface area contributed by atoms with E-state index in [0.717, 1.165) is 5.69 Å². The van der Waals surface area contributed by atoms with E-state index >= 15 is 0 Å². The molecule has 1 heterocycles. The fourth-order valence-electron chi connectivity index (χ4n) is 1.06. The van der Waals surface area contributed by atoms with Gasteiger partial charge in [0.2, 0.25) is 0 Å². The van der Waals surface area contributed by atoms with Crippen molar-refractivity contribution < 1.29 is 0 Å². The van der Waals surface area contributed by atoms with Crippen LogP contribution in [0.1, 0.15) is 5.56 Å². The number of nitriles is 1. The molecule has 0 spiro atoms. The quantitative estimate of drug-likeness (QED) is 0.644. The number of benzene rings is 1. The number of aromatic nitrogens is 3. The Hall–Kier alpha value is -2.15. The first-order chi connectivity index (χ1) is 6.40. The third kappa shape index (κ3) is 1.40. The van der Waals surface area contributed by atoms with E-state index in [4.69, 9.17) is 5.26 Å². The highest BCUT2D eigenvalue weighted by Crippen LogP contribution is 2.07. The summed E-state index contributed by atoms with van der Waals surface area (Å²) < 4.78 is 1.61. The molecule has 4 heteroatoms. The van der Waals surface area contributed by atoms with Gasteiger partial charge in [-0.2, -0.15) is 10.4 Å². The molecule has 1 aromatic carbocycles. The Morgan fingerprint density at radius 1 is 1.38 bits per heavy atom. The second-order valence-corrected chi connectivity index (χ2v) is 2.50. The maximum atomic E-state index is 8.66. The zero-order chi connectivity index (χ0) is 9.10. The summed E-state index contributed by atoms with van der Waals surface area (Å²) in [6, 6.07) is 9.26. The van der Waals surface area contributed by atoms with Gasteiger partial charge in [0, 0.05) is 0 Å². The van der Waals surface area contributed by atoms with Crippen molar-refractivity contribution in [2.45, 2.75) is 0 Å². The summed E-state index contributed by atoms with van der Waals surface area (Å²) in [7, 11) is 0. The second kappa shape index (κ2) is 3.07. The Balaban J connectivity index is 2.49. The molecule has 0 N–H and O–H groups in total. The fourth-order valence-corrected chi connectivity index (χ4v) is 1.06. The van der Waals surface area contributed by atoms with Crippen LogP contribution in [-0.4, -0.2) is 14.8 Å². The van der Waals surface area contributed by atoms with Crippen LogP contribution in [0.4, 0.5) is 0 Å². The Bertz CT molecular complexity index is 439. The third-order valence-corrected chi connectivity index (χ3v) is 1.66. The van der Waals surface area contributed by atoms with Gasteiger partial charge in [-0.25, -0.2) is 9.67 Å². The average molecular weight is 170 g/mol. The van der Waals surface area contributed by atoms with Crippen LogP contribution in [0.25, 0.3) is 5.69 Å². The normalized spacial score (nSPS) is 9.46. The molecule has 0 fully saturated rings. The minimum absolute atomic E-state index is 0.619. The average Bonchev–Trinajstić information content (AvgIpc) is 2.71. The highest BCUT2D eigenvalue weighted by Gasteiger charge is 1.96. The molecule has 13 heavy (non-hydrogen) atoms. The van der Waals surface area contributed by atoms with Crippen LogP contribution in [0, 0.1) is 11.3 Å². The van der Waals surface area contributed by atoms with Crippen molar-refractivity contribution in [3.05, 3.63) is 42.5 Å². The van der Waals surface area contributed by atoms with Gasteiger partial charge in [0.15, 0.2) is 0 Å². The largest absolute Gasteiger partial charge is 0.223 e. The monoisotopic (exact) mass is 170 g/mol. The van der Waals surface area contributed by atoms with Crippen LogP contribution in [0.5, 0.6) is 0 Å². The molecule has 62 valence electrons. The molecule has 2 rings (SSSR count). The zero-order valence-electron chi connectivity index (χ0n) is 6.75. The van der Waals surface area contributed by atoms with Crippen LogP contribution < -0.4 is 0 Å². The number of hydrogen-bond donors (Lipinski definition) is 0. The standard InChI is InChI=1S/C9H6N4/c10-5-8-2-1-3-9(4-8)13-7-11-6-12-13/h1-4,6-7H. The molecular weight excluding hydrogens is 164 g/mol. The summed E-state index contributed by atoms with van der Waals surface area (Å²) in [4.78, 5) is 3.82. The molecule has 4 nitrogen and oxygen atoms in total. The number of nitrogens with zero attached hydrogens (tertiary/aromatic N) is 4. The SMILES string of the molecule is N#Cc1cccc(-n2cncn2)c1. The van der Waals surface area contributed by atoms with Crippen LogP contribution in [0.15, 0.2) is 36.9 Å². The molecule has 0 amide bonds. The first-order valence-corrected chi connectivity index (χ1v) is 3.75. The number of hydrogen-bond acceptors (Lipinski definition) is 3. The van der Waals surface area contributed by atoms with Gasteiger partial charge in [0.05, 0.1) is 17.3 Å². The van der Waals surface area contributed by atoms with Gasteiger partial charge in [-0.05, 0) is 18.2 Å². The van der Waals surface area contributed by atoms with Crippen molar-refractivity contribution in [1.82, 2.24) is 14.8 Å². The third-order valence-electron chi connectivity index (χ3n) is 1.66. The first kappa shape index (κ1) is 7.50. The molecule has 2 aromatic rings. The molecule has 0 aliphatic heterocycles. The lowest BCUT2D eigenvalue weighted by Gasteiger charge is -1.98. The molecule has 0 saturated heterocycles. The van der Waals surface area contributed by atoms with E-state index < -0.39 is 0 Å². The lowest BCUT2D eigenvalue weighted by atomic mass is 10.2. The fraction of sp³-hybridized carbons (Fsp3) is 0. The summed E-state index contributed by atoms with van der Waals surface area (Å²) in [6.45, 7) is 0. The van der Waals surface area contributed by atoms with Crippen molar-refractivity contribution >= 4 is 0 Å². The van der Waals surface area contributed by atoms with Gasteiger partial charge in [-0.3, -0.25) is 0 Å². The Labute approximate surface area is 75.1 Å². The molecule has 1 aromatic heterocycles. The van der Waals surface area contributed by atoms with Crippen LogP contribution in [0.3, 0.4) is 0 Å². The summed E-state index contributed by atoms with van der Waals surface area (Å²) >= 11 is 0. The van der Waals surface area contributed by atoms with E-state index in [1.54, 1.807) is 23.1 Å². The van der Waals surface area contributed by atoms with Crippen LogP contribution in [0.2, 0.25) is 0 Å². The van der Waals surface area contributed by atoms with E-state index in [-0.39, 0.29) is 0 Å². The van der Waals surface area contributed by atoms with Gasteiger partial charge >= 0.3 is 0 Å². The van der Waals surface area contributed by atoms with E-state index in [1.165, 1.54) is 6.33 Å². The Kier molecular flexibility index (Phi) is 1.77. The van der Waals surface area contributed by atoms with Gasteiger partial charge < -0.3 is 0 Å². The molecule has 0 aliphatic rings. The molecule has 0 saturated carbocycles.